The number of hydrogen-bond donors (Lipinski definition) is 1. The highest BCUT2D eigenvalue weighted by Crippen LogP contribution is 2.15. The second-order valence-corrected chi connectivity index (χ2v) is 6.39. The van der Waals surface area contributed by atoms with Crippen molar-refractivity contribution in [3.05, 3.63) is 77.3 Å². The van der Waals surface area contributed by atoms with Gasteiger partial charge >= 0.3 is 0 Å². The van der Waals surface area contributed by atoms with Gasteiger partial charge in [0, 0.05) is 5.56 Å². The fourth-order valence-electron chi connectivity index (χ4n) is 1.96. The molecule has 0 fully saturated rings. The minimum absolute atomic E-state index is 0.228. The van der Waals surface area contributed by atoms with Gasteiger partial charge in [-0.25, -0.2) is 13.4 Å². The van der Waals surface area contributed by atoms with Crippen LogP contribution in [0.4, 0.5) is 0 Å². The summed E-state index contributed by atoms with van der Waals surface area (Å²) in [5.74, 6) is 0.512. The van der Waals surface area contributed by atoms with Crippen LogP contribution in [0.2, 0.25) is 0 Å². The first-order chi connectivity index (χ1) is 10.6. The lowest BCUT2D eigenvalue weighted by Gasteiger charge is -2.10. The zero-order chi connectivity index (χ0) is 15.4. The first kappa shape index (κ1) is 14.2. The van der Waals surface area contributed by atoms with Crippen molar-refractivity contribution in [2.75, 3.05) is 0 Å². The van der Waals surface area contributed by atoms with Gasteiger partial charge in [-0.3, -0.25) is 5.43 Å². The zero-order valence-corrected chi connectivity index (χ0v) is 12.4. The first-order valence-electron chi connectivity index (χ1n) is 6.60. The van der Waals surface area contributed by atoms with Crippen LogP contribution in [0.3, 0.4) is 0 Å². The van der Waals surface area contributed by atoms with Crippen molar-refractivity contribution in [2.24, 2.45) is 10.1 Å². The molecule has 0 unspecified atom stereocenters. The molecule has 1 aliphatic rings. The fraction of sp³-hybridized carbons (Fsp3) is 0. The Bertz CT molecular complexity index is 855. The molecule has 0 atom stereocenters. The van der Waals surface area contributed by atoms with Gasteiger partial charge in [0.2, 0.25) is 9.84 Å². The first-order valence-corrected chi connectivity index (χ1v) is 8.15. The van der Waals surface area contributed by atoms with Crippen LogP contribution in [0, 0.1) is 0 Å². The van der Waals surface area contributed by atoms with Gasteiger partial charge in [-0.05, 0) is 12.1 Å². The number of allylic oxidation sites excluding steroid dienone is 1. The van der Waals surface area contributed by atoms with Gasteiger partial charge in [0.05, 0.1) is 22.2 Å². The molecule has 5 nitrogen and oxygen atoms in total. The standard InChI is InChI=1S/C16H13N3O2S/c20-22(21,15-9-5-2-6-10-15)12-14-11-17-19-16(18-14)13-7-3-1-4-8-13/h1-12H,(H,18,19)/b14-12+. The molecule has 110 valence electrons. The second-order valence-electron chi connectivity index (χ2n) is 4.60. The number of amidine groups is 1. The molecule has 0 bridgehead atoms. The number of rotatable bonds is 3. The van der Waals surface area contributed by atoms with Gasteiger partial charge in [0.25, 0.3) is 0 Å². The average Bonchev–Trinajstić information content (AvgIpc) is 2.56. The van der Waals surface area contributed by atoms with E-state index in [0.29, 0.717) is 5.84 Å². The lowest BCUT2D eigenvalue weighted by atomic mass is 10.2. The Balaban J connectivity index is 1.96. The molecule has 2 aromatic rings. The van der Waals surface area contributed by atoms with E-state index in [9.17, 15) is 8.42 Å². The van der Waals surface area contributed by atoms with Crippen LogP contribution in [0.5, 0.6) is 0 Å². The van der Waals surface area contributed by atoms with E-state index >= 15 is 0 Å². The number of hydrazone groups is 1. The van der Waals surface area contributed by atoms with Crippen molar-refractivity contribution >= 4 is 21.9 Å². The summed E-state index contributed by atoms with van der Waals surface area (Å²) in [5.41, 5.74) is 3.89. The predicted octanol–water partition coefficient (Wildman–Crippen LogP) is 2.34. The summed E-state index contributed by atoms with van der Waals surface area (Å²) >= 11 is 0. The van der Waals surface area contributed by atoms with E-state index in [4.69, 9.17) is 0 Å². The van der Waals surface area contributed by atoms with Gasteiger partial charge in [0.1, 0.15) is 0 Å². The molecule has 0 saturated carbocycles. The van der Waals surface area contributed by atoms with Gasteiger partial charge < -0.3 is 0 Å². The molecule has 0 aromatic heterocycles. The van der Waals surface area contributed by atoms with Gasteiger partial charge in [-0.1, -0.05) is 48.5 Å². The zero-order valence-electron chi connectivity index (χ0n) is 11.5. The predicted molar refractivity (Wildman–Crippen MR) is 86.3 cm³/mol. The van der Waals surface area contributed by atoms with Crippen molar-refractivity contribution in [1.82, 2.24) is 5.43 Å². The third-order valence-corrected chi connectivity index (χ3v) is 4.48. The summed E-state index contributed by atoms with van der Waals surface area (Å²) in [6.45, 7) is 0. The number of aliphatic imine (C=N–C) groups is 1. The van der Waals surface area contributed by atoms with Crippen LogP contribution in [0.15, 0.2) is 86.8 Å². The molecule has 1 aliphatic heterocycles. The van der Waals surface area contributed by atoms with E-state index < -0.39 is 9.84 Å². The third kappa shape index (κ3) is 3.12. The van der Waals surface area contributed by atoms with E-state index in [1.165, 1.54) is 6.21 Å². The van der Waals surface area contributed by atoms with E-state index in [2.05, 4.69) is 15.5 Å². The van der Waals surface area contributed by atoms with Crippen molar-refractivity contribution in [1.29, 1.82) is 0 Å². The van der Waals surface area contributed by atoms with Crippen LogP contribution < -0.4 is 5.43 Å². The largest absolute Gasteiger partial charge is 0.261 e. The Morgan fingerprint density at radius 1 is 0.909 bits per heavy atom. The highest BCUT2D eigenvalue weighted by atomic mass is 32.2. The molecule has 3 rings (SSSR count). The highest BCUT2D eigenvalue weighted by Gasteiger charge is 2.14. The Labute approximate surface area is 128 Å². The Hall–Kier alpha value is -2.73. The topological polar surface area (TPSA) is 70.9 Å². The molecule has 2 aromatic carbocycles. The normalized spacial score (nSPS) is 16.2. The van der Waals surface area contributed by atoms with E-state index in [1.54, 1.807) is 30.3 Å². The monoisotopic (exact) mass is 311 g/mol. The molecule has 0 amide bonds. The van der Waals surface area contributed by atoms with Crippen LogP contribution in [0.1, 0.15) is 5.56 Å². The molecule has 22 heavy (non-hydrogen) atoms. The van der Waals surface area contributed by atoms with E-state index in [1.807, 2.05) is 30.3 Å². The van der Waals surface area contributed by atoms with Crippen LogP contribution >= 0.6 is 0 Å². The van der Waals surface area contributed by atoms with Crippen LogP contribution in [0.25, 0.3) is 0 Å². The molecular formula is C16H13N3O2S. The number of nitrogens with one attached hydrogen (secondary N) is 1. The van der Waals surface area contributed by atoms with Crippen molar-refractivity contribution in [3.8, 4) is 0 Å². The molecule has 6 heteroatoms. The fourth-order valence-corrected chi connectivity index (χ4v) is 3.07. The SMILES string of the molecule is O=S(=O)(/C=C1\C=NNC(c2ccccc2)=N1)c1ccccc1. The Morgan fingerprint density at radius 3 is 2.23 bits per heavy atom. The van der Waals surface area contributed by atoms with Gasteiger partial charge in [-0.2, -0.15) is 5.10 Å². The summed E-state index contributed by atoms with van der Waals surface area (Å²) in [4.78, 5) is 4.53. The van der Waals surface area contributed by atoms with Crippen molar-refractivity contribution in [3.63, 3.8) is 0 Å². The molecule has 1 N–H and O–H groups in total. The van der Waals surface area contributed by atoms with Crippen LogP contribution in [-0.2, 0) is 9.84 Å². The maximum Gasteiger partial charge on any atom is 0.201 e. The molecule has 0 spiro atoms. The average molecular weight is 311 g/mol. The molecular weight excluding hydrogens is 298 g/mol. The minimum atomic E-state index is -3.55. The van der Waals surface area contributed by atoms with Crippen molar-refractivity contribution in [2.45, 2.75) is 4.90 Å². The maximum atomic E-state index is 12.3. The molecule has 0 aliphatic carbocycles. The third-order valence-electron chi connectivity index (χ3n) is 3.00. The molecule has 0 radical (unpaired) electrons. The summed E-state index contributed by atoms with van der Waals surface area (Å²) in [6, 6.07) is 17.6. The minimum Gasteiger partial charge on any atom is -0.261 e. The van der Waals surface area contributed by atoms with Crippen LogP contribution in [-0.4, -0.2) is 20.5 Å². The highest BCUT2D eigenvalue weighted by molar-refractivity contribution is 7.94. The van der Waals surface area contributed by atoms with Gasteiger partial charge in [0.15, 0.2) is 5.84 Å². The number of hydrogen-bond acceptors (Lipinski definition) is 5. The summed E-state index contributed by atoms with van der Waals surface area (Å²) in [6.07, 6.45) is 1.38. The summed E-state index contributed by atoms with van der Waals surface area (Å²) in [5, 5.41) is 5.08. The van der Waals surface area contributed by atoms with E-state index in [0.717, 1.165) is 11.0 Å². The summed E-state index contributed by atoms with van der Waals surface area (Å²) < 4.78 is 24.6. The lowest BCUT2D eigenvalue weighted by molar-refractivity contribution is 0.604. The smallest absolute Gasteiger partial charge is 0.201 e. The van der Waals surface area contributed by atoms with Gasteiger partial charge in [-0.15, -0.1) is 0 Å². The number of benzene rings is 2. The second kappa shape index (κ2) is 5.95. The Kier molecular flexibility index (Phi) is 3.84. The Morgan fingerprint density at radius 2 is 1.55 bits per heavy atom. The summed E-state index contributed by atoms with van der Waals surface area (Å²) in [7, 11) is -3.55. The quantitative estimate of drug-likeness (QED) is 0.945. The molecule has 1 heterocycles. The maximum absolute atomic E-state index is 12.3. The van der Waals surface area contributed by atoms with E-state index in [-0.39, 0.29) is 10.6 Å². The number of sulfone groups is 1. The van der Waals surface area contributed by atoms with Crippen molar-refractivity contribution < 1.29 is 8.42 Å². The molecule has 0 saturated heterocycles. The number of nitrogens with zero attached hydrogens (tertiary/aromatic N) is 2. The lowest BCUT2D eigenvalue weighted by Crippen LogP contribution is -2.22.